The minimum atomic E-state index is -3.71. The van der Waals surface area contributed by atoms with Crippen molar-refractivity contribution in [3.63, 3.8) is 0 Å². The summed E-state index contributed by atoms with van der Waals surface area (Å²) >= 11 is 0. The van der Waals surface area contributed by atoms with E-state index in [1.54, 1.807) is 30.3 Å². The number of benzene rings is 2. The van der Waals surface area contributed by atoms with Crippen LogP contribution in [-0.2, 0) is 10.0 Å². The fourth-order valence-corrected chi connectivity index (χ4v) is 4.76. The molecule has 0 spiro atoms. The van der Waals surface area contributed by atoms with Crippen molar-refractivity contribution in [2.75, 3.05) is 53.6 Å². The maximum Gasteiger partial charge on any atom is 0.246 e. The van der Waals surface area contributed by atoms with Gasteiger partial charge in [-0.3, -0.25) is 4.90 Å². The van der Waals surface area contributed by atoms with Crippen molar-refractivity contribution < 1.29 is 27.0 Å². The Balaban J connectivity index is 1.58. The van der Waals surface area contributed by atoms with E-state index in [4.69, 9.17) is 14.2 Å². The lowest BCUT2D eigenvalue weighted by atomic mass is 10.3. The Hall–Kier alpha value is -2.36. The van der Waals surface area contributed by atoms with Crippen LogP contribution in [0.25, 0.3) is 0 Å². The lowest BCUT2D eigenvalue weighted by Gasteiger charge is -2.34. The first kappa shape index (κ1) is 21.4. The molecule has 1 aliphatic heterocycles. The van der Waals surface area contributed by atoms with Crippen molar-refractivity contribution in [3.8, 4) is 17.2 Å². The van der Waals surface area contributed by atoms with Crippen molar-refractivity contribution in [3.05, 3.63) is 48.3 Å². The number of hydrogen-bond acceptors (Lipinski definition) is 6. The molecule has 158 valence electrons. The average Bonchev–Trinajstić information content (AvgIpc) is 2.75. The number of rotatable bonds is 8. The first-order chi connectivity index (χ1) is 14.0. The summed E-state index contributed by atoms with van der Waals surface area (Å²) in [6.07, 6.45) is 0. The van der Waals surface area contributed by atoms with Gasteiger partial charge in [0, 0.05) is 38.8 Å². The van der Waals surface area contributed by atoms with E-state index in [0.29, 0.717) is 45.1 Å². The lowest BCUT2D eigenvalue weighted by molar-refractivity contribution is 0.157. The predicted molar refractivity (Wildman–Crippen MR) is 107 cm³/mol. The van der Waals surface area contributed by atoms with Gasteiger partial charge in [0.25, 0.3) is 0 Å². The Morgan fingerprint density at radius 3 is 2.34 bits per heavy atom. The number of para-hydroxylation sites is 1. The molecule has 0 aromatic heterocycles. The maximum absolute atomic E-state index is 13.6. The van der Waals surface area contributed by atoms with Crippen LogP contribution in [0.4, 0.5) is 4.39 Å². The van der Waals surface area contributed by atoms with Gasteiger partial charge in [-0.1, -0.05) is 12.1 Å². The topological polar surface area (TPSA) is 68.3 Å². The molecule has 2 aromatic carbocycles. The molecule has 3 rings (SSSR count). The molecular formula is C20H25FN2O5S. The molecule has 0 atom stereocenters. The van der Waals surface area contributed by atoms with Crippen molar-refractivity contribution in [2.45, 2.75) is 4.90 Å². The Bertz CT molecular complexity index is 930. The summed E-state index contributed by atoms with van der Waals surface area (Å²) in [4.78, 5) is 2.19. The first-order valence-electron chi connectivity index (χ1n) is 9.27. The van der Waals surface area contributed by atoms with Crippen LogP contribution in [0, 0.1) is 5.82 Å². The third-order valence-corrected chi connectivity index (χ3v) is 6.74. The molecule has 0 unspecified atom stereocenters. The van der Waals surface area contributed by atoms with Crippen molar-refractivity contribution >= 4 is 10.0 Å². The molecule has 0 amide bonds. The second kappa shape index (κ2) is 9.43. The molecule has 0 saturated carbocycles. The third kappa shape index (κ3) is 4.98. The van der Waals surface area contributed by atoms with Crippen LogP contribution >= 0.6 is 0 Å². The number of nitrogens with zero attached hydrogens (tertiary/aromatic N) is 2. The van der Waals surface area contributed by atoms with Gasteiger partial charge in [-0.2, -0.15) is 4.31 Å². The minimum Gasteiger partial charge on any atom is -0.497 e. The van der Waals surface area contributed by atoms with Crippen LogP contribution in [0.15, 0.2) is 47.4 Å². The molecule has 1 saturated heterocycles. The Kier molecular flexibility index (Phi) is 6.94. The van der Waals surface area contributed by atoms with Crippen LogP contribution in [0.5, 0.6) is 17.2 Å². The highest BCUT2D eigenvalue weighted by Crippen LogP contribution is 2.31. The zero-order chi connectivity index (χ0) is 20.9. The normalized spacial score (nSPS) is 15.8. The van der Waals surface area contributed by atoms with Gasteiger partial charge in [-0.15, -0.1) is 0 Å². The van der Waals surface area contributed by atoms with E-state index in [1.165, 1.54) is 30.7 Å². The van der Waals surface area contributed by atoms with Crippen LogP contribution in [0.1, 0.15) is 0 Å². The number of piperazine rings is 1. The van der Waals surface area contributed by atoms with E-state index >= 15 is 0 Å². The van der Waals surface area contributed by atoms with Gasteiger partial charge in [-0.25, -0.2) is 12.8 Å². The Morgan fingerprint density at radius 1 is 0.966 bits per heavy atom. The quantitative estimate of drug-likeness (QED) is 0.647. The number of methoxy groups -OCH3 is 2. The molecule has 1 heterocycles. The molecule has 0 aliphatic carbocycles. The van der Waals surface area contributed by atoms with Gasteiger partial charge in [0.1, 0.15) is 23.0 Å². The highest BCUT2D eigenvalue weighted by Gasteiger charge is 2.31. The summed E-state index contributed by atoms with van der Waals surface area (Å²) in [5.41, 5.74) is 0. The smallest absolute Gasteiger partial charge is 0.246 e. The molecule has 0 N–H and O–H groups in total. The zero-order valence-corrected chi connectivity index (χ0v) is 17.3. The van der Waals surface area contributed by atoms with Gasteiger partial charge in [0.2, 0.25) is 10.0 Å². The molecule has 1 fully saturated rings. The number of hydrogen-bond donors (Lipinski definition) is 0. The molecule has 29 heavy (non-hydrogen) atoms. The number of halogens is 1. The standard InChI is InChI=1S/C20H25FN2O5S/c1-26-16-7-8-19(27-2)20(15-16)29(24,25)23-11-9-22(10-12-23)13-14-28-18-6-4-3-5-17(18)21/h3-8,15H,9-14H2,1-2H3. The van der Waals surface area contributed by atoms with Crippen LogP contribution in [0.2, 0.25) is 0 Å². The molecule has 7 nitrogen and oxygen atoms in total. The van der Waals surface area contributed by atoms with E-state index in [-0.39, 0.29) is 16.4 Å². The summed E-state index contributed by atoms with van der Waals surface area (Å²) in [6, 6.07) is 11.0. The summed E-state index contributed by atoms with van der Waals surface area (Å²) in [5, 5.41) is 0. The molecule has 0 radical (unpaired) electrons. The summed E-state index contributed by atoms with van der Waals surface area (Å²) in [6.45, 7) is 2.74. The minimum absolute atomic E-state index is 0.0932. The predicted octanol–water partition coefficient (Wildman–Crippen LogP) is 2.23. The monoisotopic (exact) mass is 424 g/mol. The second-order valence-electron chi connectivity index (χ2n) is 6.54. The van der Waals surface area contributed by atoms with Crippen LogP contribution in [-0.4, -0.2) is 71.2 Å². The van der Waals surface area contributed by atoms with Crippen molar-refractivity contribution in [2.24, 2.45) is 0 Å². The molecule has 0 bridgehead atoms. The fraction of sp³-hybridized carbons (Fsp3) is 0.400. The zero-order valence-electron chi connectivity index (χ0n) is 16.5. The van der Waals surface area contributed by atoms with Gasteiger partial charge in [-0.05, 0) is 24.3 Å². The molecule has 9 heteroatoms. The highest BCUT2D eigenvalue weighted by atomic mass is 32.2. The third-order valence-electron chi connectivity index (χ3n) is 4.82. The van der Waals surface area contributed by atoms with Gasteiger partial charge in [0.15, 0.2) is 11.6 Å². The molecule has 1 aliphatic rings. The summed E-state index contributed by atoms with van der Waals surface area (Å²) < 4.78 is 57.1. The van der Waals surface area contributed by atoms with Gasteiger partial charge >= 0.3 is 0 Å². The van der Waals surface area contributed by atoms with Crippen LogP contribution < -0.4 is 14.2 Å². The van der Waals surface area contributed by atoms with Crippen molar-refractivity contribution in [1.82, 2.24) is 9.21 Å². The van der Waals surface area contributed by atoms with Crippen molar-refractivity contribution in [1.29, 1.82) is 0 Å². The lowest BCUT2D eigenvalue weighted by Crippen LogP contribution is -2.49. The SMILES string of the molecule is COc1ccc(OC)c(S(=O)(=O)N2CCN(CCOc3ccccc3F)CC2)c1. The maximum atomic E-state index is 13.6. The van der Waals surface area contributed by atoms with E-state index in [2.05, 4.69) is 4.90 Å². The first-order valence-corrected chi connectivity index (χ1v) is 10.7. The number of ether oxygens (including phenoxy) is 3. The van der Waals surface area contributed by atoms with E-state index in [9.17, 15) is 12.8 Å². The van der Waals surface area contributed by atoms with E-state index in [0.717, 1.165) is 0 Å². The van der Waals surface area contributed by atoms with E-state index < -0.39 is 15.8 Å². The van der Waals surface area contributed by atoms with Crippen LogP contribution in [0.3, 0.4) is 0 Å². The summed E-state index contributed by atoms with van der Waals surface area (Å²) in [5.74, 6) is 0.564. The van der Waals surface area contributed by atoms with E-state index in [1.807, 2.05) is 0 Å². The highest BCUT2D eigenvalue weighted by molar-refractivity contribution is 7.89. The average molecular weight is 424 g/mol. The Morgan fingerprint density at radius 2 is 1.69 bits per heavy atom. The van der Waals surface area contributed by atoms with Gasteiger partial charge in [0.05, 0.1) is 14.2 Å². The number of sulfonamides is 1. The largest absolute Gasteiger partial charge is 0.497 e. The second-order valence-corrected chi connectivity index (χ2v) is 8.45. The molecular weight excluding hydrogens is 399 g/mol. The molecule has 2 aromatic rings. The summed E-state index contributed by atoms with van der Waals surface area (Å²) in [7, 11) is -0.784. The Labute approximate surface area is 170 Å². The van der Waals surface area contributed by atoms with Gasteiger partial charge < -0.3 is 14.2 Å². The fourth-order valence-electron chi connectivity index (χ4n) is 3.16.